The second kappa shape index (κ2) is 5.57. The van der Waals surface area contributed by atoms with Crippen molar-refractivity contribution >= 4 is 22.4 Å². The zero-order chi connectivity index (χ0) is 13.1. The average molecular weight is 274 g/mol. The van der Waals surface area contributed by atoms with Crippen molar-refractivity contribution < 1.29 is 0 Å². The van der Waals surface area contributed by atoms with Gasteiger partial charge in [0.15, 0.2) is 0 Å². The van der Waals surface area contributed by atoms with Crippen LogP contribution in [0.1, 0.15) is 25.7 Å². The first-order valence-electron chi connectivity index (χ1n) is 6.74. The predicted octanol–water partition coefficient (Wildman–Crippen LogP) is 3.39. The molecule has 0 aromatic carbocycles. The quantitative estimate of drug-likeness (QED) is 0.793. The van der Waals surface area contributed by atoms with Crippen molar-refractivity contribution in [3.05, 3.63) is 24.5 Å². The number of nitrogen functional groups attached to an aromatic ring is 1. The Morgan fingerprint density at radius 1 is 1.42 bits per heavy atom. The monoisotopic (exact) mass is 274 g/mol. The molecular formula is C14H18N4S. The molecule has 4 nitrogen and oxygen atoms in total. The Balaban J connectivity index is 1.67. The fourth-order valence-electron chi connectivity index (χ4n) is 2.21. The van der Waals surface area contributed by atoms with Crippen LogP contribution >= 0.6 is 11.5 Å². The van der Waals surface area contributed by atoms with E-state index in [1.165, 1.54) is 37.2 Å². The smallest absolute Gasteiger partial charge is 0.147 e. The number of nitrogens with zero attached hydrogens (tertiary/aromatic N) is 2. The van der Waals surface area contributed by atoms with Crippen molar-refractivity contribution in [2.75, 3.05) is 17.6 Å². The molecule has 0 spiro atoms. The third kappa shape index (κ3) is 3.04. The van der Waals surface area contributed by atoms with E-state index in [4.69, 9.17) is 5.73 Å². The van der Waals surface area contributed by atoms with E-state index in [-0.39, 0.29) is 0 Å². The van der Waals surface area contributed by atoms with Crippen molar-refractivity contribution in [3.63, 3.8) is 0 Å². The maximum absolute atomic E-state index is 5.97. The lowest BCUT2D eigenvalue weighted by atomic mass is 10.1. The molecule has 1 saturated carbocycles. The molecule has 3 rings (SSSR count). The molecule has 0 unspecified atom stereocenters. The Labute approximate surface area is 117 Å². The zero-order valence-corrected chi connectivity index (χ0v) is 11.6. The first kappa shape index (κ1) is 12.4. The molecule has 0 bridgehead atoms. The summed E-state index contributed by atoms with van der Waals surface area (Å²) in [4.78, 5) is 4.14. The molecule has 0 saturated heterocycles. The summed E-state index contributed by atoms with van der Waals surface area (Å²) in [7, 11) is 0. The van der Waals surface area contributed by atoms with Crippen molar-refractivity contribution in [2.24, 2.45) is 5.92 Å². The molecule has 2 aromatic rings. The number of anilines is 2. The largest absolute Gasteiger partial charge is 0.382 e. The van der Waals surface area contributed by atoms with Gasteiger partial charge in [0.2, 0.25) is 0 Å². The maximum Gasteiger partial charge on any atom is 0.147 e. The van der Waals surface area contributed by atoms with Gasteiger partial charge in [0, 0.05) is 24.5 Å². The van der Waals surface area contributed by atoms with Gasteiger partial charge in [-0.3, -0.25) is 4.98 Å². The number of pyridine rings is 1. The summed E-state index contributed by atoms with van der Waals surface area (Å²) in [5, 5.41) is 4.52. The fourth-order valence-corrected chi connectivity index (χ4v) is 2.97. The molecule has 19 heavy (non-hydrogen) atoms. The zero-order valence-electron chi connectivity index (χ0n) is 10.8. The third-order valence-corrected chi connectivity index (χ3v) is 4.26. The highest BCUT2D eigenvalue weighted by Crippen LogP contribution is 2.37. The first-order valence-corrected chi connectivity index (χ1v) is 7.51. The lowest BCUT2D eigenvalue weighted by molar-refractivity contribution is 0.688. The van der Waals surface area contributed by atoms with E-state index in [1.54, 1.807) is 6.20 Å². The van der Waals surface area contributed by atoms with E-state index in [1.807, 2.05) is 18.3 Å². The summed E-state index contributed by atoms with van der Waals surface area (Å²) >= 11 is 1.43. The van der Waals surface area contributed by atoms with Gasteiger partial charge in [0.1, 0.15) is 10.8 Å². The van der Waals surface area contributed by atoms with Crippen molar-refractivity contribution in [2.45, 2.75) is 25.7 Å². The number of nitrogens with one attached hydrogen (secondary N) is 1. The van der Waals surface area contributed by atoms with Crippen molar-refractivity contribution in [1.29, 1.82) is 0 Å². The second-order valence-electron chi connectivity index (χ2n) is 5.03. The molecule has 2 heterocycles. The van der Waals surface area contributed by atoms with Gasteiger partial charge in [-0.25, -0.2) is 0 Å². The van der Waals surface area contributed by atoms with Gasteiger partial charge in [-0.1, -0.05) is 18.9 Å². The third-order valence-electron chi connectivity index (χ3n) is 3.44. The minimum absolute atomic E-state index is 0.586. The van der Waals surface area contributed by atoms with Crippen LogP contribution in [0.15, 0.2) is 24.5 Å². The van der Waals surface area contributed by atoms with E-state index < -0.39 is 0 Å². The molecular weight excluding hydrogens is 256 g/mol. The highest BCUT2D eigenvalue weighted by molar-refractivity contribution is 7.11. The van der Waals surface area contributed by atoms with Crippen LogP contribution in [0.25, 0.3) is 11.1 Å². The highest BCUT2D eigenvalue weighted by atomic mass is 32.1. The average Bonchev–Trinajstić information content (AvgIpc) is 3.19. The molecule has 1 fully saturated rings. The van der Waals surface area contributed by atoms with Gasteiger partial charge in [0.25, 0.3) is 0 Å². The summed E-state index contributed by atoms with van der Waals surface area (Å²) < 4.78 is 4.25. The van der Waals surface area contributed by atoms with Gasteiger partial charge >= 0.3 is 0 Å². The van der Waals surface area contributed by atoms with Crippen LogP contribution in [0, 0.1) is 5.92 Å². The minimum atomic E-state index is 0.586. The molecule has 0 amide bonds. The summed E-state index contributed by atoms with van der Waals surface area (Å²) in [6.07, 6.45) is 9.00. The van der Waals surface area contributed by atoms with Crippen LogP contribution in [-0.2, 0) is 0 Å². The van der Waals surface area contributed by atoms with Gasteiger partial charge in [-0.15, -0.1) is 0 Å². The van der Waals surface area contributed by atoms with E-state index in [0.717, 1.165) is 28.6 Å². The topological polar surface area (TPSA) is 63.8 Å². The summed E-state index contributed by atoms with van der Waals surface area (Å²) in [5.74, 6) is 1.58. The lowest BCUT2D eigenvalue weighted by Crippen LogP contribution is -2.01. The Morgan fingerprint density at radius 2 is 2.32 bits per heavy atom. The van der Waals surface area contributed by atoms with E-state index in [9.17, 15) is 0 Å². The van der Waals surface area contributed by atoms with E-state index in [0.29, 0.717) is 5.82 Å². The van der Waals surface area contributed by atoms with Gasteiger partial charge in [-0.2, -0.15) is 4.37 Å². The Kier molecular flexibility index (Phi) is 3.64. The van der Waals surface area contributed by atoms with Crippen LogP contribution in [0.2, 0.25) is 0 Å². The Morgan fingerprint density at radius 3 is 3.05 bits per heavy atom. The number of nitrogens with two attached hydrogens (primary N) is 1. The van der Waals surface area contributed by atoms with Crippen LogP contribution < -0.4 is 11.1 Å². The highest BCUT2D eigenvalue weighted by Gasteiger charge is 2.20. The second-order valence-corrected chi connectivity index (χ2v) is 5.80. The normalized spacial score (nSPS) is 14.5. The van der Waals surface area contributed by atoms with Gasteiger partial charge < -0.3 is 11.1 Å². The van der Waals surface area contributed by atoms with Crippen LogP contribution in [-0.4, -0.2) is 15.9 Å². The SMILES string of the molecule is Nc1nsc(NCCCC2CC2)c1-c1cccnc1. The molecule has 5 heteroatoms. The number of hydrogen-bond acceptors (Lipinski definition) is 5. The van der Waals surface area contributed by atoms with Crippen LogP contribution in [0.3, 0.4) is 0 Å². The van der Waals surface area contributed by atoms with Crippen molar-refractivity contribution in [3.8, 4) is 11.1 Å². The molecule has 100 valence electrons. The number of hydrogen-bond donors (Lipinski definition) is 2. The number of rotatable bonds is 6. The van der Waals surface area contributed by atoms with Crippen LogP contribution in [0.4, 0.5) is 10.8 Å². The van der Waals surface area contributed by atoms with Gasteiger partial charge in [-0.05, 0) is 36.4 Å². The van der Waals surface area contributed by atoms with Crippen LogP contribution in [0.5, 0.6) is 0 Å². The minimum Gasteiger partial charge on any atom is -0.382 e. The molecule has 1 aliphatic rings. The fraction of sp³-hybridized carbons (Fsp3) is 0.429. The Bertz CT molecular complexity index is 534. The van der Waals surface area contributed by atoms with Crippen molar-refractivity contribution in [1.82, 2.24) is 9.36 Å². The standard InChI is InChI=1S/C14H18N4S/c15-13-12(11-4-2-7-16-9-11)14(19-18-13)17-8-1-3-10-5-6-10/h2,4,7,9-10,17H,1,3,5-6,8H2,(H2,15,18). The summed E-state index contributed by atoms with van der Waals surface area (Å²) in [5.41, 5.74) is 7.98. The summed E-state index contributed by atoms with van der Waals surface area (Å²) in [6.45, 7) is 0.991. The Hall–Kier alpha value is -1.62. The molecule has 0 aliphatic heterocycles. The van der Waals surface area contributed by atoms with Gasteiger partial charge in [0.05, 0.1) is 5.56 Å². The molecule has 0 radical (unpaired) electrons. The lowest BCUT2D eigenvalue weighted by Gasteiger charge is -2.06. The van der Waals surface area contributed by atoms with E-state index >= 15 is 0 Å². The molecule has 2 aromatic heterocycles. The molecule has 3 N–H and O–H groups in total. The summed E-state index contributed by atoms with van der Waals surface area (Å²) in [6, 6.07) is 3.94. The molecule has 0 atom stereocenters. The first-order chi connectivity index (χ1) is 9.34. The molecule has 1 aliphatic carbocycles. The predicted molar refractivity (Wildman–Crippen MR) is 80.2 cm³/mol. The maximum atomic E-state index is 5.97. The van der Waals surface area contributed by atoms with E-state index in [2.05, 4.69) is 14.7 Å². The number of aromatic nitrogens is 2.